The Morgan fingerprint density at radius 1 is 1.12 bits per heavy atom. The largest absolute Gasteiger partial charge is 0.456 e. The van der Waals surface area contributed by atoms with E-state index in [4.69, 9.17) is 9.47 Å². The van der Waals surface area contributed by atoms with E-state index in [1.54, 1.807) is 0 Å². The summed E-state index contributed by atoms with van der Waals surface area (Å²) < 4.78 is 10.9. The Kier molecular flexibility index (Phi) is 5.55. The van der Waals surface area contributed by atoms with Crippen LogP contribution in [0.1, 0.15) is 49.6 Å². The SMILES string of the molecule is O=C(OCc1csc(-c2ccccc2)n1)c1ccc2c(c1)C(=O)N(CC1CCCO1)C2=O. The molecule has 3 heterocycles. The topological polar surface area (TPSA) is 85.8 Å². The minimum absolute atomic E-state index is 0.0251. The normalized spacial score (nSPS) is 17.6. The van der Waals surface area contributed by atoms with E-state index in [0.717, 1.165) is 23.4 Å². The van der Waals surface area contributed by atoms with Crippen molar-refractivity contribution in [2.24, 2.45) is 0 Å². The second-order valence-corrected chi connectivity index (χ2v) is 8.56. The summed E-state index contributed by atoms with van der Waals surface area (Å²) in [5, 5.41) is 2.70. The van der Waals surface area contributed by atoms with Crippen molar-refractivity contribution >= 4 is 29.1 Å². The maximum Gasteiger partial charge on any atom is 0.338 e. The van der Waals surface area contributed by atoms with E-state index in [1.807, 2.05) is 35.7 Å². The molecule has 1 saturated heterocycles. The van der Waals surface area contributed by atoms with Crippen molar-refractivity contribution in [2.75, 3.05) is 13.2 Å². The lowest BCUT2D eigenvalue weighted by Gasteiger charge is -2.17. The van der Waals surface area contributed by atoms with Crippen molar-refractivity contribution in [3.05, 3.63) is 76.3 Å². The van der Waals surface area contributed by atoms with Crippen LogP contribution in [0.3, 0.4) is 0 Å². The fourth-order valence-corrected chi connectivity index (χ4v) is 4.70. The van der Waals surface area contributed by atoms with E-state index in [2.05, 4.69) is 4.98 Å². The van der Waals surface area contributed by atoms with Crippen LogP contribution in [0.15, 0.2) is 53.9 Å². The Labute approximate surface area is 188 Å². The van der Waals surface area contributed by atoms with E-state index >= 15 is 0 Å². The van der Waals surface area contributed by atoms with Crippen molar-refractivity contribution in [1.82, 2.24) is 9.88 Å². The quantitative estimate of drug-likeness (QED) is 0.419. The molecule has 2 aromatic carbocycles. The zero-order valence-corrected chi connectivity index (χ0v) is 18.0. The van der Waals surface area contributed by atoms with Gasteiger partial charge in [0.05, 0.1) is 35.0 Å². The van der Waals surface area contributed by atoms with Gasteiger partial charge in [-0.3, -0.25) is 14.5 Å². The molecule has 1 aromatic heterocycles. The first kappa shape index (κ1) is 20.5. The number of hydrogen-bond acceptors (Lipinski definition) is 7. The molecule has 3 aromatic rings. The van der Waals surface area contributed by atoms with Gasteiger partial charge in [-0.15, -0.1) is 11.3 Å². The molecule has 2 aliphatic heterocycles. The zero-order valence-electron chi connectivity index (χ0n) is 17.2. The number of benzene rings is 2. The molecule has 2 amide bonds. The molecule has 2 aliphatic rings. The van der Waals surface area contributed by atoms with Crippen LogP contribution in [-0.4, -0.2) is 46.9 Å². The Balaban J connectivity index is 1.25. The molecule has 0 bridgehead atoms. The Hall–Kier alpha value is -3.36. The van der Waals surface area contributed by atoms with Gasteiger partial charge >= 0.3 is 5.97 Å². The lowest BCUT2D eigenvalue weighted by atomic mass is 10.1. The second kappa shape index (κ2) is 8.64. The number of rotatable bonds is 6. The number of fused-ring (bicyclic) bond motifs is 1. The van der Waals surface area contributed by atoms with Crippen molar-refractivity contribution < 1.29 is 23.9 Å². The standard InChI is InChI=1S/C24H20N2O5S/c27-22-19-9-8-16(11-20(19)23(28)26(22)12-18-7-4-10-30-18)24(29)31-13-17-14-32-21(25-17)15-5-2-1-3-6-15/h1-3,5-6,8-9,11,14,18H,4,7,10,12-13H2. The predicted octanol–water partition coefficient (Wildman–Crippen LogP) is 3.94. The van der Waals surface area contributed by atoms with Crippen LogP contribution in [-0.2, 0) is 16.1 Å². The molecular formula is C24H20N2O5S. The Bertz CT molecular complexity index is 1180. The van der Waals surface area contributed by atoms with Crippen LogP contribution in [0.5, 0.6) is 0 Å². The van der Waals surface area contributed by atoms with Gasteiger partial charge < -0.3 is 9.47 Å². The first-order chi connectivity index (χ1) is 15.6. The van der Waals surface area contributed by atoms with Gasteiger partial charge in [-0.05, 0) is 31.0 Å². The number of aromatic nitrogens is 1. The number of hydrogen-bond donors (Lipinski definition) is 0. The number of carbonyl (C=O) groups is 3. The third kappa shape index (κ3) is 3.94. The summed E-state index contributed by atoms with van der Waals surface area (Å²) in [5.41, 5.74) is 2.41. The van der Waals surface area contributed by atoms with Gasteiger partial charge in [-0.25, -0.2) is 9.78 Å². The molecule has 5 rings (SSSR count). The molecule has 0 aliphatic carbocycles. The minimum Gasteiger partial charge on any atom is -0.456 e. The summed E-state index contributed by atoms with van der Waals surface area (Å²) in [6, 6.07) is 14.2. The number of carbonyl (C=O) groups excluding carboxylic acids is 3. The predicted molar refractivity (Wildman–Crippen MR) is 117 cm³/mol. The molecule has 0 spiro atoms. The first-order valence-electron chi connectivity index (χ1n) is 10.4. The maximum atomic E-state index is 12.8. The molecule has 1 unspecified atom stereocenters. The number of thiazole rings is 1. The van der Waals surface area contributed by atoms with Crippen LogP contribution in [0.25, 0.3) is 10.6 Å². The molecular weight excluding hydrogens is 428 g/mol. The highest BCUT2D eigenvalue weighted by Gasteiger charge is 2.38. The van der Waals surface area contributed by atoms with Crippen molar-refractivity contribution in [3.8, 4) is 10.6 Å². The summed E-state index contributed by atoms with van der Waals surface area (Å²) in [6.45, 7) is 0.909. The number of esters is 1. The van der Waals surface area contributed by atoms with Crippen LogP contribution < -0.4 is 0 Å². The molecule has 0 saturated carbocycles. The highest BCUT2D eigenvalue weighted by molar-refractivity contribution is 7.13. The Morgan fingerprint density at radius 2 is 1.94 bits per heavy atom. The summed E-state index contributed by atoms with van der Waals surface area (Å²) in [5.74, 6) is -1.32. The maximum absolute atomic E-state index is 12.8. The second-order valence-electron chi connectivity index (χ2n) is 7.70. The third-order valence-corrected chi connectivity index (χ3v) is 6.48. The number of amides is 2. The van der Waals surface area contributed by atoms with E-state index in [9.17, 15) is 14.4 Å². The fraction of sp³-hybridized carbons (Fsp3) is 0.250. The molecule has 0 radical (unpaired) electrons. The number of imide groups is 1. The molecule has 1 fully saturated rings. The highest BCUT2D eigenvalue weighted by atomic mass is 32.1. The van der Waals surface area contributed by atoms with Crippen molar-refractivity contribution in [2.45, 2.75) is 25.6 Å². The number of nitrogens with zero attached hydrogens (tertiary/aromatic N) is 2. The summed E-state index contributed by atoms with van der Waals surface area (Å²) in [7, 11) is 0. The highest BCUT2D eigenvalue weighted by Crippen LogP contribution is 2.27. The molecule has 32 heavy (non-hydrogen) atoms. The third-order valence-electron chi connectivity index (χ3n) is 5.54. The molecule has 1 atom stereocenters. The number of ether oxygens (including phenoxy) is 2. The molecule has 0 N–H and O–H groups in total. The lowest BCUT2D eigenvalue weighted by Crippen LogP contribution is -2.36. The summed E-state index contributed by atoms with van der Waals surface area (Å²) in [6.07, 6.45) is 1.63. The van der Waals surface area contributed by atoms with E-state index in [1.165, 1.54) is 34.4 Å². The average Bonchev–Trinajstić information content (AvgIpc) is 3.56. The van der Waals surface area contributed by atoms with Gasteiger partial charge in [-0.2, -0.15) is 0 Å². The first-order valence-corrected chi connectivity index (χ1v) is 11.3. The molecule has 8 heteroatoms. The van der Waals surface area contributed by atoms with Crippen LogP contribution >= 0.6 is 11.3 Å². The van der Waals surface area contributed by atoms with Crippen LogP contribution in [0.4, 0.5) is 0 Å². The van der Waals surface area contributed by atoms with Gasteiger partial charge in [0, 0.05) is 17.6 Å². The van der Waals surface area contributed by atoms with Crippen LogP contribution in [0.2, 0.25) is 0 Å². The molecule has 162 valence electrons. The summed E-state index contributed by atoms with van der Waals surface area (Å²) in [4.78, 5) is 43.7. The summed E-state index contributed by atoms with van der Waals surface area (Å²) >= 11 is 1.48. The lowest BCUT2D eigenvalue weighted by molar-refractivity contribution is 0.0466. The van der Waals surface area contributed by atoms with Crippen LogP contribution in [0, 0.1) is 0 Å². The average molecular weight is 449 g/mol. The Morgan fingerprint density at radius 3 is 2.72 bits per heavy atom. The van der Waals surface area contributed by atoms with E-state index in [0.29, 0.717) is 17.9 Å². The van der Waals surface area contributed by atoms with Gasteiger partial charge in [0.2, 0.25) is 0 Å². The van der Waals surface area contributed by atoms with Crippen molar-refractivity contribution in [1.29, 1.82) is 0 Å². The van der Waals surface area contributed by atoms with E-state index in [-0.39, 0.29) is 36.3 Å². The van der Waals surface area contributed by atoms with Gasteiger partial charge in [0.25, 0.3) is 11.8 Å². The monoisotopic (exact) mass is 448 g/mol. The fourth-order valence-electron chi connectivity index (χ4n) is 3.88. The minimum atomic E-state index is -0.570. The van der Waals surface area contributed by atoms with Crippen molar-refractivity contribution in [3.63, 3.8) is 0 Å². The van der Waals surface area contributed by atoms with E-state index < -0.39 is 11.9 Å². The molecule has 7 nitrogen and oxygen atoms in total. The zero-order chi connectivity index (χ0) is 22.1. The smallest absolute Gasteiger partial charge is 0.338 e. The van der Waals surface area contributed by atoms with Gasteiger partial charge in [-0.1, -0.05) is 30.3 Å². The van der Waals surface area contributed by atoms with Gasteiger partial charge in [0.1, 0.15) is 11.6 Å². The van der Waals surface area contributed by atoms with Gasteiger partial charge in [0.15, 0.2) is 0 Å².